The van der Waals surface area contributed by atoms with E-state index in [-0.39, 0.29) is 51.0 Å². The van der Waals surface area contributed by atoms with E-state index in [4.69, 9.17) is 0 Å². The summed E-state index contributed by atoms with van der Waals surface area (Å²) in [6, 6.07) is 20.7. The first kappa shape index (κ1) is 29.6. The van der Waals surface area contributed by atoms with Crippen LogP contribution >= 0.6 is 24.8 Å². The molecule has 4 rings (SSSR count). The van der Waals surface area contributed by atoms with Crippen molar-refractivity contribution in [2.24, 2.45) is 0 Å². The van der Waals surface area contributed by atoms with Gasteiger partial charge in [0.2, 0.25) is 0 Å². The van der Waals surface area contributed by atoms with Crippen LogP contribution in [0.3, 0.4) is 0 Å². The van der Waals surface area contributed by atoms with Crippen LogP contribution in [0.1, 0.15) is 24.0 Å². The maximum atomic E-state index is 3.28. The van der Waals surface area contributed by atoms with Crippen LogP contribution in [0.5, 0.6) is 0 Å². The molecule has 28 heavy (non-hydrogen) atoms. The quantitative estimate of drug-likeness (QED) is 0.279. The SMILES string of the molecule is Cl.Cl.[C-]1=C(c2ccccc2)C=CC1.[C-]1=C(c2ccccc2)C=CC1.[CH3][GeH][CH3].[Zr+2]. The number of hydrogen-bond acceptors (Lipinski definition) is 0. The molecule has 0 spiro atoms. The molecule has 0 bridgehead atoms. The van der Waals surface area contributed by atoms with E-state index in [1.807, 2.05) is 12.1 Å². The summed E-state index contributed by atoms with van der Waals surface area (Å²) < 4.78 is 0. The predicted octanol–water partition coefficient (Wildman–Crippen LogP) is 7.03. The smallest absolute Gasteiger partial charge is 2.00 e. The van der Waals surface area contributed by atoms with Crippen LogP contribution in [-0.4, -0.2) is 15.4 Å². The van der Waals surface area contributed by atoms with E-state index in [0.717, 1.165) is 12.8 Å². The van der Waals surface area contributed by atoms with Crippen molar-refractivity contribution in [2.75, 3.05) is 0 Å². The molecule has 2 aliphatic carbocycles. The zero-order chi connectivity index (χ0) is 17.7. The summed E-state index contributed by atoms with van der Waals surface area (Å²) in [6.45, 7) is 0. The summed E-state index contributed by atoms with van der Waals surface area (Å²) in [4.78, 5) is 0. The topological polar surface area (TPSA) is 0 Å². The van der Waals surface area contributed by atoms with Gasteiger partial charge in [-0.25, -0.2) is 0 Å². The summed E-state index contributed by atoms with van der Waals surface area (Å²) in [5, 5.41) is 0. The maximum Gasteiger partial charge on any atom is 2.00 e. The van der Waals surface area contributed by atoms with E-state index >= 15 is 0 Å². The minimum Gasteiger partial charge on any atom is 2.00 e. The minimum atomic E-state index is 0. The molecule has 0 unspecified atom stereocenters. The molecule has 0 atom stereocenters. The Morgan fingerprint density at radius 2 is 0.964 bits per heavy atom. The fraction of sp³-hybridized carbons (Fsp3) is 0.167. The Hall–Kier alpha value is -0.594. The number of allylic oxidation sites excluding steroid dienone is 8. The third-order valence-corrected chi connectivity index (χ3v) is 3.56. The molecule has 0 N–H and O–H groups in total. The Bertz CT molecular complexity index is 685. The van der Waals surface area contributed by atoms with E-state index in [0.29, 0.717) is 15.4 Å². The number of rotatable bonds is 2. The second-order valence-corrected chi connectivity index (χ2v) is 8.13. The van der Waals surface area contributed by atoms with Gasteiger partial charge in [-0.05, 0) is 0 Å². The van der Waals surface area contributed by atoms with Gasteiger partial charge in [0.05, 0.1) is 0 Å². The molecule has 0 aromatic heterocycles. The monoisotopic (exact) mass is 549 g/mol. The molecular formula is C24H27Cl2GeZr. The van der Waals surface area contributed by atoms with Crippen molar-refractivity contribution < 1.29 is 26.2 Å². The van der Waals surface area contributed by atoms with Gasteiger partial charge in [0.15, 0.2) is 0 Å². The Labute approximate surface area is 208 Å². The van der Waals surface area contributed by atoms with Crippen LogP contribution in [0.2, 0.25) is 11.5 Å². The van der Waals surface area contributed by atoms with Crippen molar-refractivity contribution in [1.82, 2.24) is 0 Å². The summed E-state index contributed by atoms with van der Waals surface area (Å²) >= 11 is 0.312. The standard InChI is InChI=1S/2C11H9.C2H7Ge.2ClH.Zr/c2*1-2-6-10(7-3-1)11-8-4-5-9-11;1-3-2;;;/h2*1-4,6-8H,5H2;3H,1-2H3;2*1H;/q2*-1;;;;+2. The summed E-state index contributed by atoms with van der Waals surface area (Å²) in [6.07, 6.45) is 17.0. The van der Waals surface area contributed by atoms with E-state index in [9.17, 15) is 0 Å². The Balaban J connectivity index is 0. The van der Waals surface area contributed by atoms with Gasteiger partial charge in [0.25, 0.3) is 0 Å². The third-order valence-electron chi connectivity index (χ3n) is 3.56. The average Bonchev–Trinajstić information content (AvgIpc) is 3.39. The van der Waals surface area contributed by atoms with Gasteiger partial charge in [0, 0.05) is 0 Å². The van der Waals surface area contributed by atoms with E-state index in [1.165, 1.54) is 22.3 Å². The molecule has 0 amide bonds. The fourth-order valence-electron chi connectivity index (χ4n) is 2.44. The van der Waals surface area contributed by atoms with Crippen molar-refractivity contribution in [3.05, 3.63) is 108 Å². The zero-order valence-electron chi connectivity index (χ0n) is 16.4. The largest absolute Gasteiger partial charge is 2.00 e. The molecule has 0 saturated carbocycles. The molecule has 1 radical (unpaired) electrons. The van der Waals surface area contributed by atoms with Gasteiger partial charge in [-0.1, -0.05) is 49.2 Å². The molecule has 0 heterocycles. The molecular weight excluding hydrogens is 523 g/mol. The van der Waals surface area contributed by atoms with E-state index in [2.05, 4.69) is 96.5 Å². The van der Waals surface area contributed by atoms with Crippen LogP contribution in [0, 0.1) is 12.2 Å². The van der Waals surface area contributed by atoms with Crippen molar-refractivity contribution in [3.63, 3.8) is 0 Å². The predicted molar refractivity (Wildman–Crippen MR) is 127 cm³/mol. The van der Waals surface area contributed by atoms with Gasteiger partial charge in [-0.2, -0.15) is 35.5 Å². The number of halogens is 2. The van der Waals surface area contributed by atoms with Crippen molar-refractivity contribution >= 4 is 51.4 Å². The number of benzene rings is 2. The van der Waals surface area contributed by atoms with Crippen molar-refractivity contribution in [3.8, 4) is 0 Å². The normalized spacial score (nSPS) is 12.5. The first-order chi connectivity index (χ1) is 12.3. The second kappa shape index (κ2) is 18.4. The minimum absolute atomic E-state index is 0. The molecule has 4 heteroatoms. The summed E-state index contributed by atoms with van der Waals surface area (Å²) in [5.41, 5.74) is 4.98. The van der Waals surface area contributed by atoms with Crippen molar-refractivity contribution in [1.29, 1.82) is 0 Å². The van der Waals surface area contributed by atoms with Gasteiger partial charge in [-0.3, -0.25) is 0 Å². The van der Waals surface area contributed by atoms with Gasteiger partial charge in [-0.15, -0.1) is 72.4 Å². The molecule has 0 nitrogen and oxygen atoms in total. The van der Waals surface area contributed by atoms with Crippen LogP contribution in [-0.2, 0) is 26.2 Å². The Morgan fingerprint density at radius 3 is 1.21 bits per heavy atom. The first-order valence-electron chi connectivity index (χ1n) is 8.74. The third kappa shape index (κ3) is 10.8. The summed E-state index contributed by atoms with van der Waals surface area (Å²) in [5.74, 6) is 4.56. The summed E-state index contributed by atoms with van der Waals surface area (Å²) in [7, 11) is 0. The van der Waals surface area contributed by atoms with Crippen molar-refractivity contribution in [2.45, 2.75) is 24.4 Å². The molecule has 145 valence electrons. The van der Waals surface area contributed by atoms with Crippen LogP contribution in [0.25, 0.3) is 11.1 Å². The van der Waals surface area contributed by atoms with Crippen LogP contribution in [0.15, 0.2) is 85.0 Å². The second-order valence-electron chi connectivity index (χ2n) is 5.70. The Kier molecular flexibility index (Phi) is 19.5. The molecule has 0 aliphatic heterocycles. The van der Waals surface area contributed by atoms with Gasteiger partial charge < -0.3 is 0 Å². The molecule has 2 aliphatic rings. The molecule has 2 aromatic carbocycles. The van der Waals surface area contributed by atoms with Crippen LogP contribution in [0.4, 0.5) is 0 Å². The van der Waals surface area contributed by atoms with E-state index in [1.54, 1.807) is 0 Å². The average molecular weight is 550 g/mol. The fourth-order valence-corrected chi connectivity index (χ4v) is 2.44. The van der Waals surface area contributed by atoms with Gasteiger partial charge >= 0.3 is 53.1 Å². The van der Waals surface area contributed by atoms with Crippen LogP contribution < -0.4 is 0 Å². The zero-order valence-corrected chi connectivity index (χ0v) is 22.9. The first-order valence-corrected chi connectivity index (χ1v) is 13.6. The van der Waals surface area contributed by atoms with Gasteiger partial charge in [0.1, 0.15) is 0 Å². The molecule has 2 aromatic rings. The Morgan fingerprint density at radius 1 is 0.643 bits per heavy atom. The maximum absolute atomic E-state index is 3.28. The molecule has 0 saturated heterocycles. The molecule has 0 fully saturated rings. The number of hydrogen-bond donors (Lipinski definition) is 0. The van der Waals surface area contributed by atoms with E-state index < -0.39 is 0 Å².